The number of rotatable bonds is 8. The fourth-order valence-corrected chi connectivity index (χ4v) is 3.92. The Hall–Kier alpha value is -3.11. The molecule has 0 spiro atoms. The van der Waals surface area contributed by atoms with Crippen LogP contribution in [0.15, 0.2) is 24.3 Å². The van der Waals surface area contributed by atoms with Crippen LogP contribution >= 0.6 is 0 Å². The number of carbonyl (C=O) groups is 1. The molecule has 1 fully saturated rings. The second-order valence-electron chi connectivity index (χ2n) is 7.54. The lowest BCUT2D eigenvalue weighted by molar-refractivity contribution is -0.0171. The van der Waals surface area contributed by atoms with Crippen LogP contribution in [0.4, 0.5) is 10.6 Å². The molecule has 2 amide bonds. The van der Waals surface area contributed by atoms with Crippen LogP contribution < -0.4 is 16.9 Å². The van der Waals surface area contributed by atoms with Crippen molar-refractivity contribution in [2.45, 2.75) is 32.5 Å². The van der Waals surface area contributed by atoms with E-state index >= 15 is 0 Å². The highest BCUT2D eigenvalue weighted by atomic mass is 16.5. The molecule has 5 N–H and O–H groups in total. The minimum Gasteiger partial charge on any atom is -0.382 e. The van der Waals surface area contributed by atoms with Crippen molar-refractivity contribution in [1.82, 2.24) is 19.5 Å². The molecule has 166 valence electrons. The number of imidazole rings is 1. The standard InChI is InChI=1S/C21H29N7O3/c1-2-30-13-17-26-18-19(15-7-3-4-8-16(15)25-20(18)22)28(17)24-9-5-6-14-12-27(21(23)29)10-11-31-14/h3-4,7-8,14,24H,2,5-6,9-13H2,1H3,(H2,22,25)(H2,23,29). The van der Waals surface area contributed by atoms with E-state index in [1.165, 1.54) is 0 Å². The maximum Gasteiger partial charge on any atom is 0.314 e. The summed E-state index contributed by atoms with van der Waals surface area (Å²) in [7, 11) is 0. The molecule has 0 bridgehead atoms. The zero-order valence-corrected chi connectivity index (χ0v) is 17.7. The number of fused-ring (bicyclic) bond motifs is 3. The highest BCUT2D eigenvalue weighted by Gasteiger charge is 2.22. The molecule has 1 unspecified atom stereocenters. The first-order valence-corrected chi connectivity index (χ1v) is 10.6. The third-order valence-corrected chi connectivity index (χ3v) is 5.45. The number of nitrogens with zero attached hydrogens (tertiary/aromatic N) is 4. The molecule has 4 rings (SSSR count). The van der Waals surface area contributed by atoms with Crippen LogP contribution in [0.1, 0.15) is 25.6 Å². The van der Waals surface area contributed by atoms with Gasteiger partial charge in [0.1, 0.15) is 17.6 Å². The molecule has 3 heterocycles. The smallest absolute Gasteiger partial charge is 0.314 e. The summed E-state index contributed by atoms with van der Waals surface area (Å²) in [5, 5.41) is 0.974. The summed E-state index contributed by atoms with van der Waals surface area (Å²) in [5.41, 5.74) is 17.4. The molecule has 2 aromatic heterocycles. The molecule has 31 heavy (non-hydrogen) atoms. The number of benzene rings is 1. The average molecular weight is 428 g/mol. The molecule has 0 aliphatic carbocycles. The Bertz CT molecular complexity index is 1070. The van der Waals surface area contributed by atoms with Crippen LogP contribution in [0.3, 0.4) is 0 Å². The number of pyridine rings is 1. The average Bonchev–Trinajstić information content (AvgIpc) is 3.15. The zero-order valence-electron chi connectivity index (χ0n) is 17.7. The van der Waals surface area contributed by atoms with Gasteiger partial charge >= 0.3 is 6.03 Å². The maximum atomic E-state index is 11.4. The lowest BCUT2D eigenvalue weighted by Crippen LogP contribution is -2.47. The van der Waals surface area contributed by atoms with E-state index in [0.29, 0.717) is 50.8 Å². The predicted octanol–water partition coefficient (Wildman–Crippen LogP) is 1.81. The summed E-state index contributed by atoms with van der Waals surface area (Å²) in [6, 6.07) is 7.48. The van der Waals surface area contributed by atoms with Gasteiger partial charge in [0, 0.05) is 31.6 Å². The molecule has 0 saturated carbocycles. The Morgan fingerprint density at radius 2 is 2.19 bits per heavy atom. The third kappa shape index (κ3) is 4.49. The summed E-state index contributed by atoms with van der Waals surface area (Å²) < 4.78 is 13.4. The highest BCUT2D eigenvalue weighted by Crippen LogP contribution is 2.28. The van der Waals surface area contributed by atoms with Crippen LogP contribution in [-0.2, 0) is 16.1 Å². The highest BCUT2D eigenvalue weighted by molar-refractivity contribution is 6.06. The number of ether oxygens (including phenoxy) is 2. The van der Waals surface area contributed by atoms with Gasteiger partial charge in [-0.2, -0.15) is 0 Å². The van der Waals surface area contributed by atoms with Crippen molar-refractivity contribution in [1.29, 1.82) is 0 Å². The molecule has 1 atom stereocenters. The van der Waals surface area contributed by atoms with Crippen molar-refractivity contribution >= 4 is 33.8 Å². The Morgan fingerprint density at radius 3 is 3.00 bits per heavy atom. The van der Waals surface area contributed by atoms with Gasteiger partial charge in [-0.25, -0.2) is 19.4 Å². The number of para-hydroxylation sites is 1. The summed E-state index contributed by atoms with van der Waals surface area (Å²) in [6.07, 6.45) is 1.66. The fourth-order valence-electron chi connectivity index (χ4n) is 3.92. The summed E-state index contributed by atoms with van der Waals surface area (Å²) in [6.45, 7) is 5.20. The normalized spacial score (nSPS) is 16.8. The van der Waals surface area contributed by atoms with Crippen molar-refractivity contribution in [3.05, 3.63) is 30.1 Å². The van der Waals surface area contributed by atoms with E-state index in [9.17, 15) is 4.79 Å². The van der Waals surface area contributed by atoms with E-state index < -0.39 is 6.03 Å². The molecule has 1 saturated heterocycles. The number of nitrogen functional groups attached to an aromatic ring is 1. The second-order valence-corrected chi connectivity index (χ2v) is 7.54. The molecule has 0 radical (unpaired) electrons. The molecule has 10 nitrogen and oxygen atoms in total. The maximum absolute atomic E-state index is 11.4. The van der Waals surface area contributed by atoms with Gasteiger partial charge in [-0.3, -0.25) is 0 Å². The van der Waals surface area contributed by atoms with E-state index in [-0.39, 0.29) is 6.10 Å². The lowest BCUT2D eigenvalue weighted by Gasteiger charge is -2.31. The minimum atomic E-state index is -0.394. The SMILES string of the molecule is CCOCc1nc2c(N)nc3ccccc3c2n1NCCCC1CN(C(N)=O)CCO1. The first-order valence-electron chi connectivity index (χ1n) is 10.6. The lowest BCUT2D eigenvalue weighted by atomic mass is 10.1. The molecule has 3 aromatic rings. The van der Waals surface area contributed by atoms with Gasteiger partial charge in [0.05, 0.1) is 18.2 Å². The topological polar surface area (TPSA) is 134 Å². The summed E-state index contributed by atoms with van der Waals surface area (Å²) >= 11 is 0. The first kappa shape index (κ1) is 21.1. The zero-order chi connectivity index (χ0) is 21.8. The molecule has 10 heteroatoms. The number of primary amides is 1. The van der Waals surface area contributed by atoms with Gasteiger partial charge in [-0.1, -0.05) is 18.2 Å². The third-order valence-electron chi connectivity index (χ3n) is 5.45. The van der Waals surface area contributed by atoms with Gasteiger partial charge in [-0.05, 0) is 25.8 Å². The van der Waals surface area contributed by atoms with Crippen LogP contribution in [0.5, 0.6) is 0 Å². The summed E-state index contributed by atoms with van der Waals surface area (Å²) in [4.78, 5) is 22.2. The number of amides is 2. The Kier molecular flexibility index (Phi) is 6.38. The van der Waals surface area contributed by atoms with Crippen molar-refractivity contribution in [3.8, 4) is 0 Å². The number of carbonyl (C=O) groups excluding carboxylic acids is 1. The van der Waals surface area contributed by atoms with Crippen LogP contribution in [0.25, 0.3) is 21.9 Å². The van der Waals surface area contributed by atoms with Crippen LogP contribution in [0, 0.1) is 0 Å². The number of anilines is 1. The molecule has 1 aromatic carbocycles. The van der Waals surface area contributed by atoms with Crippen LogP contribution in [-0.4, -0.2) is 64.5 Å². The predicted molar refractivity (Wildman–Crippen MR) is 119 cm³/mol. The molecular weight excluding hydrogens is 398 g/mol. The van der Waals surface area contributed by atoms with Gasteiger partial charge in [0.2, 0.25) is 0 Å². The van der Waals surface area contributed by atoms with Gasteiger partial charge < -0.3 is 31.3 Å². The molecule has 1 aliphatic heterocycles. The fraction of sp³-hybridized carbons (Fsp3) is 0.476. The van der Waals surface area contributed by atoms with E-state index in [1.54, 1.807) is 4.90 Å². The number of hydrogen-bond acceptors (Lipinski definition) is 7. The van der Waals surface area contributed by atoms with Gasteiger partial charge in [0.25, 0.3) is 0 Å². The van der Waals surface area contributed by atoms with Crippen LogP contribution in [0.2, 0.25) is 0 Å². The number of morpholine rings is 1. The number of nitrogens with one attached hydrogen (secondary N) is 1. The van der Waals surface area contributed by atoms with Gasteiger partial charge in [-0.15, -0.1) is 0 Å². The Balaban J connectivity index is 1.52. The monoisotopic (exact) mass is 427 g/mol. The quantitative estimate of drug-likeness (QED) is 0.467. The first-order chi connectivity index (χ1) is 15.1. The minimum absolute atomic E-state index is 0.00819. The largest absolute Gasteiger partial charge is 0.382 e. The second kappa shape index (κ2) is 9.36. The van der Waals surface area contributed by atoms with Crippen molar-refractivity contribution in [2.75, 3.05) is 44.0 Å². The number of hydrogen-bond donors (Lipinski definition) is 3. The van der Waals surface area contributed by atoms with Gasteiger partial charge in [0.15, 0.2) is 11.6 Å². The van der Waals surface area contributed by atoms with E-state index in [4.69, 9.17) is 25.9 Å². The Labute approximate surface area is 180 Å². The van der Waals surface area contributed by atoms with E-state index in [0.717, 1.165) is 35.1 Å². The van der Waals surface area contributed by atoms with Crippen molar-refractivity contribution in [2.24, 2.45) is 5.73 Å². The Morgan fingerprint density at radius 1 is 1.35 bits per heavy atom. The molecule has 1 aliphatic rings. The number of aromatic nitrogens is 3. The summed E-state index contributed by atoms with van der Waals surface area (Å²) in [5.74, 6) is 1.14. The number of urea groups is 1. The van der Waals surface area contributed by atoms with E-state index in [1.807, 2.05) is 35.9 Å². The van der Waals surface area contributed by atoms with E-state index in [2.05, 4.69) is 10.4 Å². The van der Waals surface area contributed by atoms with Crippen molar-refractivity contribution < 1.29 is 14.3 Å². The van der Waals surface area contributed by atoms with Crippen molar-refractivity contribution in [3.63, 3.8) is 0 Å². The molecular formula is C21H29N7O3. The number of nitrogens with two attached hydrogens (primary N) is 2.